The summed E-state index contributed by atoms with van der Waals surface area (Å²) in [6.07, 6.45) is 5.65. The Bertz CT molecular complexity index is 1470. The van der Waals surface area contributed by atoms with Crippen LogP contribution < -0.4 is 27.8 Å². The summed E-state index contributed by atoms with van der Waals surface area (Å²) in [5.41, 5.74) is 20.5. The number of imide groups is 1. The highest BCUT2D eigenvalue weighted by atomic mass is 16.2. The molecule has 0 saturated carbocycles. The lowest BCUT2D eigenvalue weighted by Crippen LogP contribution is -2.59. The Morgan fingerprint density at radius 3 is 2.38 bits per heavy atom. The Morgan fingerprint density at radius 1 is 0.957 bits per heavy atom. The molecule has 12 nitrogen and oxygen atoms in total. The van der Waals surface area contributed by atoms with Crippen LogP contribution >= 0.6 is 0 Å². The number of benzene rings is 2. The van der Waals surface area contributed by atoms with E-state index in [0.717, 1.165) is 26.9 Å². The van der Waals surface area contributed by atoms with Crippen LogP contribution in [0.25, 0.3) is 10.9 Å². The zero-order valence-corrected chi connectivity index (χ0v) is 27.5. The minimum atomic E-state index is -1.09. The number of para-hydroxylation sites is 1. The van der Waals surface area contributed by atoms with Gasteiger partial charge in [-0.2, -0.15) is 0 Å². The molecule has 3 atom stereocenters. The molecule has 12 heteroatoms. The van der Waals surface area contributed by atoms with E-state index in [4.69, 9.17) is 17.2 Å². The van der Waals surface area contributed by atoms with E-state index in [1.165, 1.54) is 0 Å². The number of rotatable bonds is 20. The molecular weight excluding hydrogens is 596 g/mol. The average molecular weight is 647 g/mol. The maximum atomic E-state index is 14.1. The van der Waals surface area contributed by atoms with E-state index < -0.39 is 35.8 Å². The molecular formula is C35H50N8O4. The van der Waals surface area contributed by atoms with Crippen molar-refractivity contribution in [2.24, 2.45) is 28.1 Å². The Morgan fingerprint density at radius 2 is 1.68 bits per heavy atom. The van der Waals surface area contributed by atoms with Crippen molar-refractivity contribution < 1.29 is 19.2 Å². The van der Waals surface area contributed by atoms with Gasteiger partial charge in [0.1, 0.15) is 12.3 Å². The predicted octanol–water partition coefficient (Wildman–Crippen LogP) is 2.16. The molecule has 0 saturated heterocycles. The second-order valence-corrected chi connectivity index (χ2v) is 12.2. The van der Waals surface area contributed by atoms with Gasteiger partial charge in [-0.25, -0.2) is 0 Å². The average Bonchev–Trinajstić information content (AvgIpc) is 3.46. The van der Waals surface area contributed by atoms with Crippen LogP contribution in [0.1, 0.15) is 57.1 Å². The summed E-state index contributed by atoms with van der Waals surface area (Å²) in [7, 11) is 0. The van der Waals surface area contributed by atoms with Crippen molar-refractivity contribution in [2.75, 3.05) is 19.6 Å². The SMILES string of the molecule is CC(C)C[C@H](NC(=O)CNCCc1c[nH]c2ccccc12)C(=O)N(C(=O)[C@H](N)CCCc1ccccc1)[C@H](C=O)CCCN=C(N)N. The molecule has 3 aromatic rings. The number of nitrogens with two attached hydrogens (primary N) is 3. The summed E-state index contributed by atoms with van der Waals surface area (Å²) in [5.74, 6) is -1.79. The van der Waals surface area contributed by atoms with Gasteiger partial charge in [-0.15, -0.1) is 0 Å². The first-order valence-corrected chi connectivity index (χ1v) is 16.3. The summed E-state index contributed by atoms with van der Waals surface area (Å²) < 4.78 is 0. The van der Waals surface area contributed by atoms with E-state index in [-0.39, 0.29) is 37.8 Å². The van der Waals surface area contributed by atoms with Crippen molar-refractivity contribution in [3.05, 3.63) is 71.9 Å². The number of nitrogens with zero attached hydrogens (tertiary/aromatic N) is 2. The number of aromatic nitrogens is 1. The highest BCUT2D eigenvalue weighted by Gasteiger charge is 2.37. The number of aryl methyl sites for hydroxylation is 1. The summed E-state index contributed by atoms with van der Waals surface area (Å²) in [4.78, 5) is 61.4. The minimum Gasteiger partial charge on any atom is -0.370 e. The highest BCUT2D eigenvalue weighted by molar-refractivity contribution is 6.03. The van der Waals surface area contributed by atoms with Crippen LogP contribution in [0.3, 0.4) is 0 Å². The number of H-pyrrole nitrogens is 1. The summed E-state index contributed by atoms with van der Waals surface area (Å²) in [5, 5.41) is 7.08. The molecule has 2 aromatic carbocycles. The van der Waals surface area contributed by atoms with E-state index in [1.807, 2.05) is 74.6 Å². The summed E-state index contributed by atoms with van der Waals surface area (Å²) in [6.45, 7) is 4.58. The molecule has 1 heterocycles. The van der Waals surface area contributed by atoms with E-state index in [1.54, 1.807) is 0 Å². The molecule has 254 valence electrons. The zero-order chi connectivity index (χ0) is 34.2. The summed E-state index contributed by atoms with van der Waals surface area (Å²) >= 11 is 0. The molecule has 0 bridgehead atoms. The third kappa shape index (κ3) is 12.0. The Balaban J connectivity index is 1.68. The second kappa shape index (κ2) is 19.2. The number of guanidine groups is 1. The van der Waals surface area contributed by atoms with Gasteiger partial charge in [0.05, 0.1) is 18.6 Å². The van der Waals surface area contributed by atoms with Crippen molar-refractivity contribution >= 4 is 40.9 Å². The number of aldehydes is 1. The highest BCUT2D eigenvalue weighted by Crippen LogP contribution is 2.18. The van der Waals surface area contributed by atoms with Crippen LogP contribution in [-0.4, -0.2) is 77.6 Å². The largest absolute Gasteiger partial charge is 0.370 e. The fourth-order valence-electron chi connectivity index (χ4n) is 5.54. The minimum absolute atomic E-state index is 0.00660. The van der Waals surface area contributed by atoms with E-state index >= 15 is 0 Å². The van der Waals surface area contributed by atoms with Crippen LogP contribution in [-0.2, 0) is 32.0 Å². The molecule has 0 aliphatic carbocycles. The van der Waals surface area contributed by atoms with Crippen molar-refractivity contribution in [3.8, 4) is 0 Å². The first kappa shape index (κ1) is 36.9. The van der Waals surface area contributed by atoms with E-state index in [0.29, 0.717) is 44.9 Å². The standard InChI is InChI=1S/C35H50N8O4/c1-24(2)20-31(42-32(45)22-39-19-17-26-21-41-30-16-7-6-14-28(26)30)34(47)43(27(23-44)13-9-18-40-35(37)38)33(46)29(36)15-8-12-25-10-4-3-5-11-25/h3-7,10-11,14,16,21,23-24,27,29,31,39,41H,8-9,12-13,15,17-20,22,36H2,1-2H3,(H,42,45)(H4,37,38,40)/t27-,29+,31-/m0/s1. The van der Waals surface area contributed by atoms with E-state index in [9.17, 15) is 19.2 Å². The normalized spacial score (nSPS) is 13.1. The zero-order valence-electron chi connectivity index (χ0n) is 27.5. The van der Waals surface area contributed by atoms with Crippen molar-refractivity contribution in [1.82, 2.24) is 20.5 Å². The molecule has 0 aliphatic rings. The van der Waals surface area contributed by atoms with Gasteiger partial charge in [0.2, 0.25) is 11.8 Å². The first-order valence-electron chi connectivity index (χ1n) is 16.3. The lowest BCUT2D eigenvalue weighted by atomic mass is 9.99. The number of fused-ring (bicyclic) bond motifs is 1. The lowest BCUT2D eigenvalue weighted by molar-refractivity contribution is -0.153. The number of nitrogens with one attached hydrogen (secondary N) is 3. The van der Waals surface area contributed by atoms with Crippen molar-refractivity contribution in [1.29, 1.82) is 0 Å². The van der Waals surface area contributed by atoms with Gasteiger partial charge >= 0.3 is 0 Å². The molecule has 0 aliphatic heterocycles. The monoisotopic (exact) mass is 646 g/mol. The third-order valence-electron chi connectivity index (χ3n) is 7.93. The molecule has 0 unspecified atom stereocenters. The van der Waals surface area contributed by atoms with Gasteiger partial charge in [-0.1, -0.05) is 62.4 Å². The maximum absolute atomic E-state index is 14.1. The van der Waals surface area contributed by atoms with Gasteiger partial charge in [0.25, 0.3) is 5.91 Å². The number of carbonyl (C=O) groups is 4. The Kier molecular flexibility index (Phi) is 15.1. The number of hydrogen-bond donors (Lipinski definition) is 6. The number of amides is 3. The van der Waals surface area contributed by atoms with Crippen LogP contribution in [0, 0.1) is 5.92 Å². The van der Waals surface area contributed by atoms with Crippen LogP contribution in [0.2, 0.25) is 0 Å². The summed E-state index contributed by atoms with van der Waals surface area (Å²) in [6, 6.07) is 14.7. The Hall–Kier alpha value is -4.55. The first-order chi connectivity index (χ1) is 22.6. The fourth-order valence-corrected chi connectivity index (χ4v) is 5.54. The lowest BCUT2D eigenvalue weighted by Gasteiger charge is -2.32. The molecule has 47 heavy (non-hydrogen) atoms. The van der Waals surface area contributed by atoms with Crippen molar-refractivity contribution in [3.63, 3.8) is 0 Å². The van der Waals surface area contributed by atoms with Crippen LogP contribution in [0.5, 0.6) is 0 Å². The van der Waals surface area contributed by atoms with Gasteiger partial charge in [-0.05, 0) is 74.6 Å². The van der Waals surface area contributed by atoms with Gasteiger partial charge in [-0.3, -0.25) is 24.3 Å². The molecule has 1 aromatic heterocycles. The second-order valence-electron chi connectivity index (χ2n) is 12.2. The van der Waals surface area contributed by atoms with Crippen LogP contribution in [0.4, 0.5) is 0 Å². The van der Waals surface area contributed by atoms with E-state index in [2.05, 4.69) is 20.6 Å². The van der Waals surface area contributed by atoms with Crippen LogP contribution in [0.15, 0.2) is 65.8 Å². The van der Waals surface area contributed by atoms with Gasteiger partial charge < -0.3 is 37.6 Å². The fraction of sp³-hybridized carbons (Fsp3) is 0.457. The maximum Gasteiger partial charge on any atom is 0.252 e. The smallest absolute Gasteiger partial charge is 0.252 e. The predicted molar refractivity (Wildman–Crippen MR) is 185 cm³/mol. The molecule has 3 rings (SSSR count). The Labute approximate surface area is 276 Å². The number of aliphatic imine (C=N–C) groups is 1. The molecule has 3 amide bonds. The van der Waals surface area contributed by atoms with Gasteiger partial charge in [0, 0.05) is 23.6 Å². The molecule has 0 spiro atoms. The quantitative estimate of drug-likeness (QED) is 0.0464. The van der Waals surface area contributed by atoms with Gasteiger partial charge in [0.15, 0.2) is 5.96 Å². The number of hydrogen-bond acceptors (Lipinski definition) is 7. The third-order valence-corrected chi connectivity index (χ3v) is 7.93. The molecule has 0 radical (unpaired) electrons. The molecule has 0 fully saturated rings. The number of carbonyl (C=O) groups excluding carboxylic acids is 4. The molecule has 9 N–H and O–H groups in total. The number of aromatic amines is 1. The van der Waals surface area contributed by atoms with Crippen molar-refractivity contribution in [2.45, 2.75) is 76.9 Å². The topological polar surface area (TPSA) is 202 Å².